The van der Waals surface area contributed by atoms with E-state index in [0.717, 1.165) is 0 Å². The van der Waals surface area contributed by atoms with E-state index >= 15 is 0 Å². The minimum Gasteiger partial charge on any atom is -0.274 e. The minimum absolute atomic E-state index is 0.351. The molecular weight excluding hydrogens is 460 g/mol. The van der Waals surface area contributed by atoms with Gasteiger partial charge in [-0.05, 0) is 48.4 Å². The van der Waals surface area contributed by atoms with Crippen molar-refractivity contribution in [1.29, 1.82) is 0 Å². The van der Waals surface area contributed by atoms with Gasteiger partial charge in [0.1, 0.15) is 0 Å². The lowest BCUT2D eigenvalue weighted by Gasteiger charge is -2.38. The van der Waals surface area contributed by atoms with E-state index in [1.54, 1.807) is 0 Å². The molecule has 5 rings (SSSR count). The van der Waals surface area contributed by atoms with Crippen molar-refractivity contribution in [2.24, 2.45) is 5.92 Å². The predicted octanol–water partition coefficient (Wildman–Crippen LogP) is 6.56. The van der Waals surface area contributed by atoms with Gasteiger partial charge in [0, 0.05) is 20.0 Å². The van der Waals surface area contributed by atoms with Crippen molar-refractivity contribution in [3.05, 3.63) is 145 Å². The molecule has 2 unspecified atom stereocenters. The van der Waals surface area contributed by atoms with Gasteiger partial charge >= 0.3 is 0 Å². The molecule has 35 heavy (non-hydrogen) atoms. The number of rotatable bonds is 8. The Bertz CT molecular complexity index is 1190. The van der Waals surface area contributed by atoms with Gasteiger partial charge < -0.3 is 0 Å². The van der Waals surface area contributed by atoms with E-state index in [4.69, 9.17) is 0 Å². The number of allylic oxidation sites excluding steroid dienone is 2. The molecule has 0 aliphatic heterocycles. The normalized spacial score (nSPS) is 16.1. The molecule has 1 aliphatic rings. The Hall–Kier alpha value is -2.82. The summed E-state index contributed by atoms with van der Waals surface area (Å²) in [6, 6.07) is 44.5. The van der Waals surface area contributed by atoms with Crippen LogP contribution in [0.15, 0.2) is 145 Å². The highest BCUT2D eigenvalue weighted by Gasteiger charge is 2.34. The minimum atomic E-state index is -0.635. The maximum Gasteiger partial charge on any atom is 0.0281 e. The Balaban J connectivity index is 1.51. The van der Waals surface area contributed by atoms with Crippen LogP contribution in [0.25, 0.3) is 0 Å². The second-order valence-electron chi connectivity index (χ2n) is 8.81. The molecule has 0 saturated heterocycles. The summed E-state index contributed by atoms with van der Waals surface area (Å²) in [5.74, 6) is 0.365. The third kappa shape index (κ3) is 5.24. The third-order valence-corrected chi connectivity index (χ3v) is 11.8. The summed E-state index contributed by atoms with van der Waals surface area (Å²) in [5.41, 5.74) is 0. The van der Waals surface area contributed by atoms with Crippen molar-refractivity contribution in [2.45, 2.75) is 13.0 Å². The molecule has 0 spiro atoms. The summed E-state index contributed by atoms with van der Waals surface area (Å²) >= 11 is 0. The number of benzene rings is 4. The van der Waals surface area contributed by atoms with Gasteiger partial charge in [-0.2, -0.15) is 0 Å². The maximum absolute atomic E-state index is 2.62. The fourth-order valence-electron chi connectivity index (χ4n) is 4.78. The molecule has 4 aromatic carbocycles. The second-order valence-corrected chi connectivity index (χ2v) is 13.3. The van der Waals surface area contributed by atoms with Gasteiger partial charge in [-0.1, -0.05) is 140 Å². The van der Waals surface area contributed by atoms with Crippen molar-refractivity contribution in [3.63, 3.8) is 0 Å². The molecule has 4 aromatic rings. The van der Waals surface area contributed by atoms with Crippen LogP contribution in [0, 0.1) is 5.92 Å². The molecule has 0 radical (unpaired) electrons. The van der Waals surface area contributed by atoms with Crippen LogP contribution in [0.1, 0.15) is 6.92 Å². The first kappa shape index (κ1) is 23.9. The van der Waals surface area contributed by atoms with Crippen LogP contribution >= 0.6 is 16.0 Å². The number of hydrogen-bond donors (Lipinski definition) is 0. The highest BCUT2D eigenvalue weighted by atomic mass is 31.1. The molecule has 1 nitrogen and oxygen atoms in total. The van der Waals surface area contributed by atoms with E-state index in [-0.39, 0.29) is 0 Å². The van der Waals surface area contributed by atoms with Gasteiger partial charge in [-0.25, -0.2) is 0 Å². The van der Waals surface area contributed by atoms with Crippen molar-refractivity contribution in [2.75, 3.05) is 7.05 Å². The number of nitrogens with zero attached hydrogens (tertiary/aromatic N) is 1. The lowest BCUT2D eigenvalue weighted by molar-refractivity contribution is 0.381. The Morgan fingerprint density at radius 3 is 1.43 bits per heavy atom. The van der Waals surface area contributed by atoms with Crippen LogP contribution in [0.4, 0.5) is 0 Å². The third-order valence-electron chi connectivity index (χ3n) is 6.64. The quantitative estimate of drug-likeness (QED) is 0.253. The molecule has 3 heteroatoms. The number of hydrogen-bond acceptors (Lipinski definition) is 1. The molecule has 0 saturated carbocycles. The molecule has 174 valence electrons. The van der Waals surface area contributed by atoms with Crippen LogP contribution in [-0.4, -0.2) is 17.8 Å². The summed E-state index contributed by atoms with van der Waals surface area (Å²) < 4.78 is 2.62. The lowest BCUT2D eigenvalue weighted by atomic mass is 10.0. The summed E-state index contributed by atoms with van der Waals surface area (Å²) in [6.45, 7) is 2.40. The van der Waals surface area contributed by atoms with E-state index in [1.165, 1.54) is 26.5 Å². The molecule has 2 atom stereocenters. The standard InChI is InChI=1S/C32H31NP2/c1-26(33(2)35(29-20-11-5-12-21-29)30-22-13-6-14-23-30)31-24-15-25-32(31)34(27-16-7-3-8-17-27)28-18-9-4-10-19-28/h3-26,31H,1-2H3. The topological polar surface area (TPSA) is 3.24 Å². The monoisotopic (exact) mass is 491 g/mol. The molecule has 0 amide bonds. The SMILES string of the molecule is CC(C1C=CC=C1P(c1ccccc1)c1ccccc1)N(C)P(c1ccccc1)c1ccccc1. The molecule has 0 N–H and O–H groups in total. The summed E-state index contributed by atoms with van der Waals surface area (Å²) in [7, 11) is 1.08. The van der Waals surface area contributed by atoms with Gasteiger partial charge in [0.15, 0.2) is 0 Å². The summed E-state index contributed by atoms with van der Waals surface area (Å²) in [6.07, 6.45) is 7.08. The first-order chi connectivity index (χ1) is 17.2. The summed E-state index contributed by atoms with van der Waals surface area (Å²) in [4.78, 5) is 0. The smallest absolute Gasteiger partial charge is 0.0281 e. The lowest BCUT2D eigenvalue weighted by Crippen LogP contribution is -2.37. The maximum atomic E-state index is 2.62. The molecular formula is C32H31NP2. The highest BCUT2D eigenvalue weighted by Crippen LogP contribution is 2.52. The van der Waals surface area contributed by atoms with Gasteiger partial charge in [0.25, 0.3) is 0 Å². The van der Waals surface area contributed by atoms with E-state index in [9.17, 15) is 0 Å². The molecule has 1 aliphatic carbocycles. The Kier molecular flexibility index (Phi) is 7.70. The first-order valence-corrected chi connectivity index (χ1v) is 14.8. The fraction of sp³-hybridized carbons (Fsp3) is 0.125. The predicted molar refractivity (Wildman–Crippen MR) is 156 cm³/mol. The first-order valence-electron chi connectivity index (χ1n) is 12.2. The van der Waals surface area contributed by atoms with E-state index in [1.807, 2.05) is 0 Å². The highest BCUT2D eigenvalue weighted by molar-refractivity contribution is 7.76. The summed E-state index contributed by atoms with van der Waals surface area (Å²) in [5, 5.41) is 7.15. The molecule has 0 bridgehead atoms. The van der Waals surface area contributed by atoms with Crippen LogP contribution in [0.3, 0.4) is 0 Å². The van der Waals surface area contributed by atoms with Crippen LogP contribution < -0.4 is 21.2 Å². The van der Waals surface area contributed by atoms with E-state index in [2.05, 4.69) is 158 Å². The zero-order valence-corrected chi connectivity index (χ0v) is 22.1. The van der Waals surface area contributed by atoms with Crippen LogP contribution in [0.5, 0.6) is 0 Å². The van der Waals surface area contributed by atoms with Crippen LogP contribution in [-0.2, 0) is 0 Å². The Morgan fingerprint density at radius 2 is 1.00 bits per heavy atom. The zero-order chi connectivity index (χ0) is 24.0. The average molecular weight is 492 g/mol. The van der Waals surface area contributed by atoms with Crippen LogP contribution in [0.2, 0.25) is 0 Å². The van der Waals surface area contributed by atoms with E-state index in [0.29, 0.717) is 12.0 Å². The van der Waals surface area contributed by atoms with Gasteiger partial charge in [-0.3, -0.25) is 4.67 Å². The largest absolute Gasteiger partial charge is 0.274 e. The van der Waals surface area contributed by atoms with Crippen molar-refractivity contribution in [1.82, 2.24) is 4.67 Å². The van der Waals surface area contributed by atoms with Crippen molar-refractivity contribution < 1.29 is 0 Å². The molecule has 0 aromatic heterocycles. The van der Waals surface area contributed by atoms with Gasteiger partial charge in [-0.15, -0.1) is 0 Å². The van der Waals surface area contributed by atoms with Gasteiger partial charge in [0.2, 0.25) is 0 Å². The zero-order valence-electron chi connectivity index (χ0n) is 20.3. The molecule has 0 fully saturated rings. The van der Waals surface area contributed by atoms with Crippen molar-refractivity contribution >= 4 is 37.2 Å². The Labute approximate surface area is 212 Å². The second kappa shape index (κ2) is 11.3. The van der Waals surface area contributed by atoms with Crippen molar-refractivity contribution in [3.8, 4) is 0 Å². The van der Waals surface area contributed by atoms with Gasteiger partial charge in [0.05, 0.1) is 0 Å². The fourth-order valence-corrected chi connectivity index (χ4v) is 9.90. The Morgan fingerprint density at radius 1 is 0.600 bits per heavy atom. The van der Waals surface area contributed by atoms with E-state index < -0.39 is 16.0 Å². The average Bonchev–Trinajstić information content (AvgIpc) is 3.40. The molecule has 0 heterocycles.